The van der Waals surface area contributed by atoms with E-state index in [0.29, 0.717) is 12.4 Å². The lowest BCUT2D eigenvalue weighted by molar-refractivity contribution is 0.0692. The summed E-state index contributed by atoms with van der Waals surface area (Å²) >= 11 is 2.06. The first-order valence-electron chi connectivity index (χ1n) is 5.41. The summed E-state index contributed by atoms with van der Waals surface area (Å²) in [6, 6.07) is 5.08. The number of rotatable bonds is 7. The van der Waals surface area contributed by atoms with Crippen molar-refractivity contribution in [3.63, 3.8) is 0 Å². The van der Waals surface area contributed by atoms with Crippen LogP contribution in [-0.2, 0) is 0 Å². The van der Waals surface area contributed by atoms with E-state index in [0.717, 1.165) is 22.8 Å². The average Bonchev–Trinajstić information content (AvgIpc) is 2.30. The van der Waals surface area contributed by atoms with E-state index in [2.05, 4.69) is 22.6 Å². The second kappa shape index (κ2) is 7.50. The first-order chi connectivity index (χ1) is 8.15. The molecular formula is C12H15IO4. The number of hydrogen-bond acceptors (Lipinski definition) is 3. The van der Waals surface area contributed by atoms with Gasteiger partial charge in [0.15, 0.2) is 0 Å². The predicted molar refractivity (Wildman–Crippen MR) is 72.6 cm³/mol. The van der Waals surface area contributed by atoms with Crippen molar-refractivity contribution in [2.75, 3.05) is 13.2 Å². The van der Waals surface area contributed by atoms with Gasteiger partial charge in [-0.2, -0.15) is 0 Å². The summed E-state index contributed by atoms with van der Waals surface area (Å²) in [5.74, 6) is -0.573. The minimum absolute atomic E-state index is 0.184. The summed E-state index contributed by atoms with van der Waals surface area (Å²) in [4.78, 5) is 11.0. The third kappa shape index (κ3) is 4.91. The molecule has 0 aliphatic carbocycles. The molecule has 0 fully saturated rings. The van der Waals surface area contributed by atoms with Gasteiger partial charge in [-0.25, -0.2) is 4.79 Å². The molecule has 0 saturated carbocycles. The number of hydrogen-bond donors (Lipinski definition) is 2. The summed E-state index contributed by atoms with van der Waals surface area (Å²) in [7, 11) is 0. The van der Waals surface area contributed by atoms with E-state index in [1.807, 2.05) is 6.07 Å². The van der Waals surface area contributed by atoms with Crippen molar-refractivity contribution in [2.45, 2.75) is 19.3 Å². The van der Waals surface area contributed by atoms with Crippen molar-refractivity contribution in [1.29, 1.82) is 0 Å². The van der Waals surface area contributed by atoms with Gasteiger partial charge in [0, 0.05) is 10.2 Å². The SMILES string of the molecule is O=C(O)c1cc(I)ccc1OCCCCCO. The predicted octanol–water partition coefficient (Wildman–Crippen LogP) is 2.53. The molecule has 0 aliphatic heterocycles. The highest BCUT2D eigenvalue weighted by molar-refractivity contribution is 14.1. The Morgan fingerprint density at radius 2 is 2.06 bits per heavy atom. The van der Waals surface area contributed by atoms with Crippen LogP contribution in [-0.4, -0.2) is 29.4 Å². The molecule has 0 heterocycles. The van der Waals surface area contributed by atoms with Gasteiger partial charge in [0.2, 0.25) is 0 Å². The minimum atomic E-state index is -0.978. The van der Waals surface area contributed by atoms with Crippen LogP contribution in [0.1, 0.15) is 29.6 Å². The van der Waals surface area contributed by atoms with Gasteiger partial charge < -0.3 is 14.9 Å². The first-order valence-corrected chi connectivity index (χ1v) is 6.49. The zero-order valence-corrected chi connectivity index (χ0v) is 11.5. The maximum Gasteiger partial charge on any atom is 0.339 e. The van der Waals surface area contributed by atoms with Crippen LogP contribution < -0.4 is 4.74 Å². The van der Waals surface area contributed by atoms with Gasteiger partial charge in [-0.3, -0.25) is 0 Å². The summed E-state index contributed by atoms with van der Waals surface area (Å²) in [6.07, 6.45) is 2.44. The summed E-state index contributed by atoms with van der Waals surface area (Å²) < 4.78 is 6.30. The standard InChI is InChI=1S/C12H15IO4/c13-9-4-5-11(10(8-9)12(15)16)17-7-3-1-2-6-14/h4-5,8,14H,1-3,6-7H2,(H,15,16). The largest absolute Gasteiger partial charge is 0.493 e. The van der Waals surface area contributed by atoms with E-state index in [1.165, 1.54) is 0 Å². The summed E-state index contributed by atoms with van der Waals surface area (Å²) in [6.45, 7) is 0.658. The number of ether oxygens (including phenoxy) is 1. The molecule has 4 nitrogen and oxygen atoms in total. The molecule has 17 heavy (non-hydrogen) atoms. The average molecular weight is 350 g/mol. The first kappa shape index (κ1) is 14.2. The van der Waals surface area contributed by atoms with Crippen molar-refractivity contribution >= 4 is 28.6 Å². The number of aliphatic hydroxyl groups is 1. The molecule has 0 bridgehead atoms. The van der Waals surface area contributed by atoms with Crippen LogP contribution in [0.15, 0.2) is 18.2 Å². The Balaban J connectivity index is 2.55. The molecule has 1 aromatic rings. The Morgan fingerprint density at radius 3 is 2.71 bits per heavy atom. The van der Waals surface area contributed by atoms with Crippen LogP contribution in [0.4, 0.5) is 0 Å². The minimum Gasteiger partial charge on any atom is -0.493 e. The molecule has 0 unspecified atom stereocenters. The van der Waals surface area contributed by atoms with E-state index >= 15 is 0 Å². The Kier molecular flexibility index (Phi) is 6.28. The molecule has 0 saturated heterocycles. The Bertz CT molecular complexity index is 379. The number of aliphatic hydroxyl groups excluding tert-OH is 1. The summed E-state index contributed by atoms with van der Waals surface area (Å²) in [5.41, 5.74) is 0.194. The molecule has 0 radical (unpaired) electrons. The highest BCUT2D eigenvalue weighted by Crippen LogP contribution is 2.21. The van der Waals surface area contributed by atoms with Crippen molar-refractivity contribution in [2.24, 2.45) is 0 Å². The summed E-state index contributed by atoms with van der Waals surface area (Å²) in [5, 5.41) is 17.6. The van der Waals surface area contributed by atoms with Crippen LogP contribution >= 0.6 is 22.6 Å². The van der Waals surface area contributed by atoms with E-state index in [9.17, 15) is 4.79 Å². The topological polar surface area (TPSA) is 66.8 Å². The van der Waals surface area contributed by atoms with Crippen LogP contribution in [0.2, 0.25) is 0 Å². The van der Waals surface area contributed by atoms with Gasteiger partial charge in [0.05, 0.1) is 6.61 Å². The second-order valence-corrected chi connectivity index (χ2v) is 4.82. The van der Waals surface area contributed by atoms with Gasteiger partial charge in [-0.05, 0) is 60.1 Å². The Labute approximate surface area is 114 Å². The molecule has 1 rings (SSSR count). The molecule has 0 amide bonds. The quantitative estimate of drug-likeness (QED) is 0.586. The van der Waals surface area contributed by atoms with Crippen LogP contribution in [0.3, 0.4) is 0 Å². The Hall–Kier alpha value is -0.820. The number of halogens is 1. The van der Waals surface area contributed by atoms with Crippen molar-refractivity contribution < 1.29 is 19.7 Å². The number of benzene rings is 1. The number of carboxylic acids is 1. The maximum absolute atomic E-state index is 11.0. The molecule has 0 spiro atoms. The van der Waals surface area contributed by atoms with Gasteiger partial charge in [-0.15, -0.1) is 0 Å². The van der Waals surface area contributed by atoms with Crippen molar-refractivity contribution in [3.8, 4) is 5.75 Å². The van der Waals surface area contributed by atoms with E-state index in [4.69, 9.17) is 14.9 Å². The third-order valence-corrected chi connectivity index (χ3v) is 2.90. The zero-order chi connectivity index (χ0) is 12.7. The smallest absolute Gasteiger partial charge is 0.339 e. The van der Waals surface area contributed by atoms with Crippen molar-refractivity contribution in [3.05, 3.63) is 27.3 Å². The number of carboxylic acid groups (broad SMARTS) is 1. The molecule has 94 valence electrons. The number of unbranched alkanes of at least 4 members (excludes halogenated alkanes) is 2. The van der Waals surface area contributed by atoms with Gasteiger partial charge >= 0.3 is 5.97 Å². The highest BCUT2D eigenvalue weighted by Gasteiger charge is 2.11. The third-order valence-electron chi connectivity index (χ3n) is 2.23. The van der Waals surface area contributed by atoms with Crippen molar-refractivity contribution in [1.82, 2.24) is 0 Å². The van der Waals surface area contributed by atoms with Crippen LogP contribution in [0, 0.1) is 3.57 Å². The van der Waals surface area contributed by atoms with Gasteiger partial charge in [-0.1, -0.05) is 0 Å². The molecule has 1 aromatic carbocycles. The fourth-order valence-corrected chi connectivity index (χ4v) is 1.86. The fourth-order valence-electron chi connectivity index (χ4n) is 1.37. The molecule has 0 aromatic heterocycles. The lowest BCUT2D eigenvalue weighted by Gasteiger charge is -2.09. The normalized spacial score (nSPS) is 10.2. The molecule has 0 aliphatic rings. The highest BCUT2D eigenvalue weighted by atomic mass is 127. The molecule has 5 heteroatoms. The van der Waals surface area contributed by atoms with E-state index in [1.54, 1.807) is 12.1 Å². The zero-order valence-electron chi connectivity index (χ0n) is 9.36. The Morgan fingerprint density at radius 1 is 1.29 bits per heavy atom. The van der Waals surface area contributed by atoms with Crippen LogP contribution in [0.25, 0.3) is 0 Å². The molecule has 2 N–H and O–H groups in total. The monoisotopic (exact) mass is 350 g/mol. The molecule has 0 atom stereocenters. The maximum atomic E-state index is 11.0. The lowest BCUT2D eigenvalue weighted by Crippen LogP contribution is -2.05. The lowest BCUT2D eigenvalue weighted by atomic mass is 10.2. The van der Waals surface area contributed by atoms with Crippen LogP contribution in [0.5, 0.6) is 5.75 Å². The van der Waals surface area contributed by atoms with Gasteiger partial charge in [0.25, 0.3) is 0 Å². The fraction of sp³-hybridized carbons (Fsp3) is 0.417. The number of aromatic carboxylic acids is 1. The number of carbonyl (C=O) groups is 1. The molecular weight excluding hydrogens is 335 g/mol. The van der Waals surface area contributed by atoms with Gasteiger partial charge in [0.1, 0.15) is 11.3 Å². The van der Waals surface area contributed by atoms with E-state index in [-0.39, 0.29) is 12.2 Å². The van der Waals surface area contributed by atoms with E-state index < -0.39 is 5.97 Å². The second-order valence-electron chi connectivity index (χ2n) is 3.58.